The Kier molecular flexibility index (Phi) is 3.49. The van der Waals surface area contributed by atoms with Gasteiger partial charge in [-0.05, 0) is 37.0 Å². The van der Waals surface area contributed by atoms with E-state index in [2.05, 4.69) is 25.9 Å². The number of anilines is 1. The molecule has 0 radical (unpaired) electrons. The number of halogens is 2. The lowest BCUT2D eigenvalue weighted by Crippen LogP contribution is -2.23. The summed E-state index contributed by atoms with van der Waals surface area (Å²) < 4.78 is 13.9. The molecule has 2 aromatic rings. The fraction of sp³-hybridized carbons (Fsp3) is 0.267. The van der Waals surface area contributed by atoms with Gasteiger partial charge in [-0.25, -0.2) is 14.4 Å². The van der Waals surface area contributed by atoms with Crippen LogP contribution in [0.5, 0.6) is 0 Å². The molecule has 0 fully saturated rings. The fourth-order valence-electron chi connectivity index (χ4n) is 2.85. The average Bonchev–Trinajstić information content (AvgIpc) is 2.36. The summed E-state index contributed by atoms with van der Waals surface area (Å²) in [7, 11) is 0. The van der Waals surface area contributed by atoms with Gasteiger partial charge in [0, 0.05) is 10.9 Å². The summed E-state index contributed by atoms with van der Waals surface area (Å²) in [6, 6.07) is 4.52. The van der Waals surface area contributed by atoms with Crippen molar-refractivity contribution in [1.29, 1.82) is 0 Å². The molecule has 1 aliphatic carbocycles. The molecule has 21 heavy (non-hydrogen) atoms. The number of nitrogens with zero attached hydrogens (tertiary/aromatic N) is 2. The minimum atomic E-state index is -0.310. The Labute approximate surface area is 129 Å². The topological polar surface area (TPSA) is 68.9 Å². The molecule has 1 aromatic carbocycles. The number of hydrogen-bond donors (Lipinski definition) is 1. The number of hydrogen-bond acceptors (Lipinski definition) is 4. The number of benzene rings is 1. The smallest absolute Gasteiger partial charge is 0.220 e. The highest BCUT2D eigenvalue weighted by atomic mass is 79.9. The van der Waals surface area contributed by atoms with Crippen LogP contribution in [0.1, 0.15) is 39.6 Å². The van der Waals surface area contributed by atoms with E-state index >= 15 is 0 Å². The van der Waals surface area contributed by atoms with E-state index in [1.54, 1.807) is 13.0 Å². The van der Waals surface area contributed by atoms with Crippen LogP contribution < -0.4 is 5.73 Å². The van der Waals surface area contributed by atoms with Crippen molar-refractivity contribution in [3.8, 4) is 0 Å². The lowest BCUT2D eigenvalue weighted by Gasteiger charge is -2.25. The van der Waals surface area contributed by atoms with Crippen LogP contribution >= 0.6 is 15.9 Å². The van der Waals surface area contributed by atoms with E-state index in [4.69, 9.17) is 5.73 Å². The first-order chi connectivity index (χ1) is 9.95. The number of carbonyl (C=O) groups excluding carboxylic acids is 1. The highest BCUT2D eigenvalue weighted by Gasteiger charge is 2.30. The molecule has 0 saturated carbocycles. The number of Topliss-reactive ketones (excluding diaryl/α,β-unsaturated/α-hetero) is 1. The summed E-state index contributed by atoms with van der Waals surface area (Å²) in [5.41, 5.74) is 8.46. The molecule has 1 atom stereocenters. The Balaban J connectivity index is 2.04. The number of aromatic nitrogens is 2. The van der Waals surface area contributed by atoms with Gasteiger partial charge in [0.15, 0.2) is 5.78 Å². The van der Waals surface area contributed by atoms with Gasteiger partial charge in [-0.15, -0.1) is 0 Å². The fourth-order valence-corrected chi connectivity index (χ4v) is 3.52. The van der Waals surface area contributed by atoms with Crippen molar-refractivity contribution in [3.05, 3.63) is 51.0 Å². The van der Waals surface area contributed by atoms with Crippen molar-refractivity contribution in [1.82, 2.24) is 9.97 Å². The third-order valence-corrected chi connectivity index (χ3v) is 4.42. The van der Waals surface area contributed by atoms with E-state index in [1.807, 2.05) is 0 Å². The summed E-state index contributed by atoms with van der Waals surface area (Å²) in [4.78, 5) is 20.6. The standard InChI is InChI=1S/C15H13BrFN3O/c1-7-14-12(20-15(18)19-7)4-8(5-13(14)21)10-3-2-9(17)6-11(10)16/h2-3,6,8H,4-5H2,1H3,(H2,18,19,20)/t8-/m1/s1. The average molecular weight is 350 g/mol. The zero-order valence-corrected chi connectivity index (χ0v) is 12.9. The Morgan fingerprint density at radius 1 is 1.33 bits per heavy atom. The number of carbonyl (C=O) groups is 1. The van der Waals surface area contributed by atoms with E-state index in [0.717, 1.165) is 5.56 Å². The van der Waals surface area contributed by atoms with Crippen molar-refractivity contribution in [2.45, 2.75) is 25.7 Å². The minimum Gasteiger partial charge on any atom is -0.368 e. The van der Waals surface area contributed by atoms with Crippen LogP contribution in [0.25, 0.3) is 0 Å². The van der Waals surface area contributed by atoms with E-state index in [1.165, 1.54) is 12.1 Å². The van der Waals surface area contributed by atoms with Gasteiger partial charge in [0.1, 0.15) is 5.82 Å². The second-order valence-electron chi connectivity index (χ2n) is 5.18. The van der Waals surface area contributed by atoms with Crippen LogP contribution in [0.3, 0.4) is 0 Å². The first-order valence-corrected chi connectivity index (χ1v) is 7.36. The molecule has 0 bridgehead atoms. The third kappa shape index (κ3) is 2.55. The maximum absolute atomic E-state index is 13.2. The molecular formula is C15H13BrFN3O. The van der Waals surface area contributed by atoms with Crippen LogP contribution in [0.2, 0.25) is 0 Å². The summed E-state index contributed by atoms with van der Waals surface area (Å²) in [5, 5.41) is 0. The highest BCUT2D eigenvalue weighted by Crippen LogP contribution is 2.36. The number of nitrogens with two attached hydrogens (primary N) is 1. The number of aryl methyl sites for hydroxylation is 1. The Bertz CT molecular complexity index is 748. The van der Waals surface area contributed by atoms with Crippen LogP contribution in [0, 0.1) is 12.7 Å². The van der Waals surface area contributed by atoms with Gasteiger partial charge in [-0.1, -0.05) is 22.0 Å². The van der Waals surface area contributed by atoms with Crippen LogP contribution in [0.15, 0.2) is 22.7 Å². The lowest BCUT2D eigenvalue weighted by molar-refractivity contribution is 0.0962. The monoisotopic (exact) mass is 349 g/mol. The van der Waals surface area contributed by atoms with Gasteiger partial charge in [0.2, 0.25) is 5.95 Å². The summed E-state index contributed by atoms with van der Waals surface area (Å²) in [5.74, 6) is -0.155. The van der Waals surface area contributed by atoms with Crippen molar-refractivity contribution in [3.63, 3.8) is 0 Å². The molecule has 1 heterocycles. The van der Waals surface area contributed by atoms with Crippen LogP contribution in [-0.2, 0) is 6.42 Å². The maximum atomic E-state index is 13.2. The predicted molar refractivity (Wildman–Crippen MR) is 80.7 cm³/mol. The molecule has 2 N–H and O–H groups in total. The molecule has 0 unspecified atom stereocenters. The molecular weight excluding hydrogens is 337 g/mol. The van der Waals surface area contributed by atoms with E-state index in [9.17, 15) is 9.18 Å². The first kappa shape index (κ1) is 14.1. The minimum absolute atomic E-state index is 0.00924. The Morgan fingerprint density at radius 3 is 2.81 bits per heavy atom. The Hall–Kier alpha value is -1.82. The van der Waals surface area contributed by atoms with Crippen molar-refractivity contribution in [2.75, 3.05) is 5.73 Å². The zero-order chi connectivity index (χ0) is 15.1. The molecule has 1 aromatic heterocycles. The van der Waals surface area contributed by atoms with Gasteiger partial charge in [-0.3, -0.25) is 4.79 Å². The largest absolute Gasteiger partial charge is 0.368 e. The SMILES string of the molecule is Cc1nc(N)nc2c1C(=O)C[C@H](c1ccc(F)cc1Br)C2. The van der Waals surface area contributed by atoms with Crippen molar-refractivity contribution >= 4 is 27.7 Å². The quantitative estimate of drug-likeness (QED) is 0.858. The van der Waals surface area contributed by atoms with Crippen LogP contribution in [0.4, 0.5) is 10.3 Å². The summed E-state index contributed by atoms with van der Waals surface area (Å²) in [6.45, 7) is 1.77. The molecule has 108 valence electrons. The molecule has 6 heteroatoms. The number of ketones is 1. The number of fused-ring (bicyclic) bond motifs is 1. The second kappa shape index (κ2) is 5.18. The Morgan fingerprint density at radius 2 is 2.10 bits per heavy atom. The highest BCUT2D eigenvalue weighted by molar-refractivity contribution is 9.10. The predicted octanol–water partition coefficient (Wildman–Crippen LogP) is 3.18. The number of rotatable bonds is 1. The first-order valence-electron chi connectivity index (χ1n) is 6.57. The molecule has 0 amide bonds. The van der Waals surface area contributed by atoms with Gasteiger partial charge in [0.05, 0.1) is 17.0 Å². The third-order valence-electron chi connectivity index (χ3n) is 3.73. The molecule has 0 spiro atoms. The maximum Gasteiger partial charge on any atom is 0.220 e. The van der Waals surface area contributed by atoms with Gasteiger partial charge >= 0.3 is 0 Å². The molecule has 3 rings (SSSR count). The number of nitrogen functional groups attached to an aromatic ring is 1. The molecule has 0 aliphatic heterocycles. The van der Waals surface area contributed by atoms with E-state index in [0.29, 0.717) is 34.3 Å². The van der Waals surface area contributed by atoms with Gasteiger partial charge in [0.25, 0.3) is 0 Å². The molecule has 1 aliphatic rings. The van der Waals surface area contributed by atoms with E-state index < -0.39 is 0 Å². The summed E-state index contributed by atoms with van der Waals surface area (Å²) in [6.07, 6.45) is 0.963. The normalized spacial score (nSPS) is 17.7. The summed E-state index contributed by atoms with van der Waals surface area (Å²) >= 11 is 3.36. The van der Waals surface area contributed by atoms with E-state index in [-0.39, 0.29) is 23.5 Å². The van der Waals surface area contributed by atoms with Crippen molar-refractivity contribution in [2.24, 2.45) is 0 Å². The van der Waals surface area contributed by atoms with Crippen molar-refractivity contribution < 1.29 is 9.18 Å². The zero-order valence-electron chi connectivity index (χ0n) is 11.4. The lowest BCUT2D eigenvalue weighted by atomic mass is 9.81. The van der Waals surface area contributed by atoms with Gasteiger partial charge < -0.3 is 5.73 Å². The molecule has 0 saturated heterocycles. The van der Waals surface area contributed by atoms with Gasteiger partial charge in [-0.2, -0.15) is 0 Å². The second-order valence-corrected chi connectivity index (χ2v) is 6.04. The molecule has 4 nitrogen and oxygen atoms in total. The van der Waals surface area contributed by atoms with Crippen LogP contribution in [-0.4, -0.2) is 15.8 Å².